The van der Waals surface area contributed by atoms with E-state index in [-0.39, 0.29) is 24.3 Å². The maximum Gasteiger partial charge on any atom is 0.156 e. The number of pyridine rings is 3. The summed E-state index contributed by atoms with van der Waals surface area (Å²) in [5.74, 6) is 1.46. The average Bonchev–Trinajstić information content (AvgIpc) is 3.62. The lowest BCUT2D eigenvalue weighted by Crippen LogP contribution is -2.57. The molecule has 13 heteroatoms. The van der Waals surface area contributed by atoms with Gasteiger partial charge in [-0.05, 0) is 32.0 Å². The van der Waals surface area contributed by atoms with E-state index in [4.69, 9.17) is 19.8 Å². The molecule has 5 aromatic heterocycles. The van der Waals surface area contributed by atoms with Gasteiger partial charge in [-0.3, -0.25) is 14.6 Å². The first-order valence-electron chi connectivity index (χ1n) is 13.6. The number of ether oxygens (including phenoxy) is 1. The number of aryl methyl sites for hydroxylation is 1. The van der Waals surface area contributed by atoms with Crippen LogP contribution in [0.2, 0.25) is 0 Å². The molecule has 0 amide bonds. The van der Waals surface area contributed by atoms with Gasteiger partial charge in [-0.25, -0.2) is 18.1 Å². The molecule has 1 fully saturated rings. The van der Waals surface area contributed by atoms with Crippen LogP contribution < -0.4 is 9.64 Å². The highest BCUT2D eigenvalue weighted by atomic mass is 32.2. The lowest BCUT2D eigenvalue weighted by molar-refractivity contribution is 0.269. The van der Waals surface area contributed by atoms with E-state index in [1.807, 2.05) is 38.2 Å². The van der Waals surface area contributed by atoms with Crippen LogP contribution in [0.15, 0.2) is 55.2 Å². The van der Waals surface area contributed by atoms with Gasteiger partial charge in [-0.15, -0.1) is 0 Å². The zero-order valence-corrected chi connectivity index (χ0v) is 24.7. The predicted molar refractivity (Wildman–Crippen MR) is 159 cm³/mol. The molecule has 0 aliphatic carbocycles. The lowest BCUT2D eigenvalue weighted by atomic mass is 9.91. The molecule has 5 aromatic rings. The molecule has 0 aromatic carbocycles. The summed E-state index contributed by atoms with van der Waals surface area (Å²) < 4.78 is 33.0. The number of hydrogen-bond acceptors (Lipinski definition) is 10. The summed E-state index contributed by atoms with van der Waals surface area (Å²) in [6.45, 7) is 4.96. The molecule has 1 N–H and O–H groups in total. The van der Waals surface area contributed by atoms with Gasteiger partial charge >= 0.3 is 0 Å². The molecule has 0 spiro atoms. The fourth-order valence-electron chi connectivity index (χ4n) is 5.50. The maximum atomic E-state index is 12.0. The van der Waals surface area contributed by atoms with Crippen molar-refractivity contribution in [1.29, 1.82) is 0 Å². The summed E-state index contributed by atoms with van der Waals surface area (Å²) >= 11 is 0. The van der Waals surface area contributed by atoms with E-state index in [0.717, 1.165) is 33.4 Å². The van der Waals surface area contributed by atoms with Gasteiger partial charge in [0.05, 0.1) is 60.9 Å². The molecule has 1 aliphatic heterocycles. The maximum absolute atomic E-state index is 12.0. The summed E-state index contributed by atoms with van der Waals surface area (Å²) in [4.78, 5) is 16.2. The van der Waals surface area contributed by atoms with Crippen LogP contribution in [0.1, 0.15) is 12.6 Å². The van der Waals surface area contributed by atoms with Crippen molar-refractivity contribution in [2.75, 3.05) is 37.2 Å². The first-order chi connectivity index (χ1) is 20.1. The standard InChI is InChI=1S/C29H32N8O4S/c1-18-23-14-32-37(27(23)11-26(33-18)24-13-30-6-5-28(24)41-3)29-10-22(36-16-21(19(36)2)17-42(4,39)40)9-25(34-29)20-12-31-35(15-20)7-8-38/h5-6,9-15,19,21,38H,7-8,16-17H2,1-4H3/t19-,21-/m1/s1. The van der Waals surface area contributed by atoms with Crippen LogP contribution in [0.3, 0.4) is 0 Å². The average molecular weight is 589 g/mol. The Labute approximate surface area is 243 Å². The molecule has 0 radical (unpaired) electrons. The van der Waals surface area contributed by atoms with Crippen LogP contribution in [0.25, 0.3) is 39.2 Å². The Balaban J connectivity index is 1.47. The van der Waals surface area contributed by atoms with E-state index < -0.39 is 9.84 Å². The summed E-state index contributed by atoms with van der Waals surface area (Å²) in [5, 5.41) is 19.3. The van der Waals surface area contributed by atoms with Crippen molar-refractivity contribution in [3.63, 3.8) is 0 Å². The van der Waals surface area contributed by atoms with Crippen molar-refractivity contribution in [2.45, 2.75) is 26.4 Å². The second-order valence-corrected chi connectivity index (χ2v) is 12.9. The molecule has 0 unspecified atom stereocenters. The third kappa shape index (κ3) is 5.21. The number of aliphatic hydroxyl groups is 1. The van der Waals surface area contributed by atoms with Gasteiger partial charge in [-0.2, -0.15) is 10.2 Å². The number of aromatic nitrogens is 7. The van der Waals surface area contributed by atoms with Crippen molar-refractivity contribution < 1.29 is 18.3 Å². The van der Waals surface area contributed by atoms with Crippen molar-refractivity contribution in [1.82, 2.24) is 34.5 Å². The van der Waals surface area contributed by atoms with Crippen LogP contribution in [0, 0.1) is 12.8 Å². The van der Waals surface area contributed by atoms with Crippen molar-refractivity contribution in [3.8, 4) is 34.1 Å². The van der Waals surface area contributed by atoms with Gasteiger partial charge < -0.3 is 14.7 Å². The van der Waals surface area contributed by atoms with Crippen LogP contribution in [0.4, 0.5) is 5.69 Å². The minimum absolute atomic E-state index is 0.0242. The Morgan fingerprint density at radius 3 is 2.67 bits per heavy atom. The number of rotatable bonds is 9. The topological polar surface area (TPSA) is 141 Å². The largest absolute Gasteiger partial charge is 0.496 e. The Kier molecular flexibility index (Phi) is 7.15. The van der Waals surface area contributed by atoms with Gasteiger partial charge in [0, 0.05) is 71.7 Å². The minimum atomic E-state index is -3.08. The quantitative estimate of drug-likeness (QED) is 0.273. The Morgan fingerprint density at radius 1 is 1.10 bits per heavy atom. The highest BCUT2D eigenvalue weighted by Gasteiger charge is 2.38. The number of methoxy groups -OCH3 is 1. The Morgan fingerprint density at radius 2 is 1.93 bits per heavy atom. The van der Waals surface area contributed by atoms with Gasteiger partial charge in [0.25, 0.3) is 0 Å². The normalized spacial score (nSPS) is 17.0. The second-order valence-electron chi connectivity index (χ2n) is 10.7. The van der Waals surface area contributed by atoms with E-state index in [9.17, 15) is 13.5 Å². The molecular weight excluding hydrogens is 556 g/mol. The summed E-state index contributed by atoms with van der Waals surface area (Å²) in [5.41, 5.74) is 5.49. The molecule has 1 aliphatic rings. The van der Waals surface area contributed by atoms with Crippen molar-refractivity contribution >= 4 is 26.4 Å². The Hall–Kier alpha value is -4.36. The molecule has 6 heterocycles. The number of anilines is 1. The van der Waals surface area contributed by atoms with Gasteiger partial charge in [-0.1, -0.05) is 0 Å². The van der Waals surface area contributed by atoms with E-state index >= 15 is 0 Å². The molecule has 2 atom stereocenters. The van der Waals surface area contributed by atoms with Crippen molar-refractivity contribution in [2.24, 2.45) is 5.92 Å². The monoisotopic (exact) mass is 588 g/mol. The third-order valence-electron chi connectivity index (χ3n) is 7.76. The highest BCUT2D eigenvalue weighted by molar-refractivity contribution is 7.90. The minimum Gasteiger partial charge on any atom is -0.496 e. The molecule has 6 rings (SSSR count). The zero-order valence-electron chi connectivity index (χ0n) is 23.8. The molecule has 218 valence electrons. The SMILES string of the molecule is COc1ccncc1-c1cc2c(cnn2-c2cc(N3C[C@H](CS(C)(=O)=O)[C@H]3C)cc(-c3cnn(CCO)c3)n2)c(C)n1. The van der Waals surface area contributed by atoms with E-state index in [1.54, 1.807) is 47.3 Å². The van der Waals surface area contributed by atoms with Gasteiger partial charge in [0.2, 0.25) is 0 Å². The van der Waals surface area contributed by atoms with Crippen LogP contribution in [0.5, 0.6) is 5.75 Å². The number of sulfone groups is 1. The summed E-state index contributed by atoms with van der Waals surface area (Å²) in [6.07, 6.45) is 10.0. The first-order valence-corrected chi connectivity index (χ1v) is 15.7. The number of fused-ring (bicyclic) bond motifs is 1. The first kappa shape index (κ1) is 27.8. The van der Waals surface area contributed by atoms with E-state index in [1.165, 1.54) is 6.26 Å². The van der Waals surface area contributed by atoms with Crippen LogP contribution >= 0.6 is 0 Å². The fraction of sp³-hybridized carbons (Fsp3) is 0.345. The second kappa shape index (κ2) is 10.8. The lowest BCUT2D eigenvalue weighted by Gasteiger charge is -2.48. The number of hydrogen-bond donors (Lipinski definition) is 1. The molecular formula is C29H32N8O4S. The zero-order chi connectivity index (χ0) is 29.6. The summed E-state index contributed by atoms with van der Waals surface area (Å²) in [6, 6.07) is 7.75. The van der Waals surface area contributed by atoms with Crippen LogP contribution in [-0.2, 0) is 16.4 Å². The predicted octanol–water partition coefficient (Wildman–Crippen LogP) is 2.92. The van der Waals surface area contributed by atoms with Gasteiger partial charge in [0.1, 0.15) is 15.6 Å². The summed E-state index contributed by atoms with van der Waals surface area (Å²) in [7, 11) is -1.47. The Bertz CT molecular complexity index is 1880. The van der Waals surface area contributed by atoms with Crippen LogP contribution in [-0.4, -0.2) is 86.3 Å². The molecule has 42 heavy (non-hydrogen) atoms. The molecule has 1 saturated heterocycles. The van der Waals surface area contributed by atoms with E-state index in [0.29, 0.717) is 36.0 Å². The van der Waals surface area contributed by atoms with Crippen molar-refractivity contribution in [3.05, 3.63) is 60.9 Å². The third-order valence-corrected chi connectivity index (χ3v) is 8.79. The molecule has 0 bridgehead atoms. The molecule has 0 saturated carbocycles. The number of nitrogens with zero attached hydrogens (tertiary/aromatic N) is 8. The fourth-order valence-corrected chi connectivity index (χ4v) is 6.67. The van der Waals surface area contributed by atoms with E-state index in [2.05, 4.69) is 15.0 Å². The smallest absolute Gasteiger partial charge is 0.156 e. The highest BCUT2D eigenvalue weighted by Crippen LogP contribution is 2.36. The van der Waals surface area contributed by atoms with Gasteiger partial charge in [0.15, 0.2) is 5.82 Å². The number of aliphatic hydroxyl groups excluding tert-OH is 1. The molecule has 12 nitrogen and oxygen atoms in total.